The van der Waals surface area contributed by atoms with Crippen molar-refractivity contribution in [3.8, 4) is 0 Å². The standard InChI is InChI=1S/C24H21ClN2O2S/c1-24(16-8-4-2-5-9-16,17-10-6-3-7-11-17)27-22(28)15-21-23(29)26-19-14-18(25)12-13-20(19)30-21/h2-14,21H,15H2,1H3,(H,26,29)(H,27,28). The van der Waals surface area contributed by atoms with Crippen molar-refractivity contribution in [2.45, 2.75) is 29.0 Å². The zero-order valence-corrected chi connectivity index (χ0v) is 18.0. The van der Waals surface area contributed by atoms with Crippen molar-refractivity contribution < 1.29 is 9.59 Å². The minimum absolute atomic E-state index is 0.0772. The van der Waals surface area contributed by atoms with E-state index in [4.69, 9.17) is 11.6 Å². The Labute approximate surface area is 185 Å². The van der Waals surface area contributed by atoms with E-state index >= 15 is 0 Å². The molecule has 1 atom stereocenters. The minimum atomic E-state index is -0.707. The van der Waals surface area contributed by atoms with E-state index in [9.17, 15) is 9.59 Å². The second-order valence-electron chi connectivity index (χ2n) is 7.35. The van der Waals surface area contributed by atoms with Gasteiger partial charge in [-0.15, -0.1) is 11.8 Å². The van der Waals surface area contributed by atoms with Crippen LogP contribution in [-0.4, -0.2) is 17.1 Å². The molecule has 3 aromatic rings. The molecule has 1 heterocycles. The highest BCUT2D eigenvalue weighted by molar-refractivity contribution is 8.01. The number of carbonyl (C=O) groups excluding carboxylic acids is 2. The van der Waals surface area contributed by atoms with Gasteiger partial charge in [-0.3, -0.25) is 9.59 Å². The van der Waals surface area contributed by atoms with Crippen LogP contribution in [0.1, 0.15) is 24.5 Å². The van der Waals surface area contributed by atoms with Gasteiger partial charge in [0.15, 0.2) is 0 Å². The smallest absolute Gasteiger partial charge is 0.238 e. The molecular weight excluding hydrogens is 416 g/mol. The maximum absolute atomic E-state index is 13.1. The first kappa shape index (κ1) is 20.5. The highest BCUT2D eigenvalue weighted by atomic mass is 35.5. The van der Waals surface area contributed by atoms with Gasteiger partial charge in [0.05, 0.1) is 16.5 Å². The Hall–Kier alpha value is -2.76. The van der Waals surface area contributed by atoms with Crippen molar-refractivity contribution in [3.63, 3.8) is 0 Å². The molecule has 3 aromatic carbocycles. The van der Waals surface area contributed by atoms with Gasteiger partial charge in [0, 0.05) is 16.3 Å². The molecule has 0 aliphatic carbocycles. The predicted molar refractivity (Wildman–Crippen MR) is 122 cm³/mol. The Bertz CT molecular complexity index is 1030. The van der Waals surface area contributed by atoms with E-state index in [2.05, 4.69) is 10.6 Å². The summed E-state index contributed by atoms with van der Waals surface area (Å²) < 4.78 is 0. The van der Waals surface area contributed by atoms with Crippen LogP contribution in [0.25, 0.3) is 0 Å². The van der Waals surface area contributed by atoms with Gasteiger partial charge in [-0.25, -0.2) is 0 Å². The lowest BCUT2D eigenvalue weighted by atomic mass is 9.84. The molecule has 0 fully saturated rings. The van der Waals surface area contributed by atoms with E-state index in [1.54, 1.807) is 12.1 Å². The molecule has 30 heavy (non-hydrogen) atoms. The van der Waals surface area contributed by atoms with Crippen molar-refractivity contribution in [2.75, 3.05) is 5.32 Å². The molecule has 1 aliphatic heterocycles. The zero-order valence-electron chi connectivity index (χ0n) is 16.4. The average molecular weight is 437 g/mol. The van der Waals surface area contributed by atoms with Crippen molar-refractivity contribution in [1.82, 2.24) is 5.32 Å². The average Bonchev–Trinajstić information content (AvgIpc) is 2.75. The topological polar surface area (TPSA) is 58.2 Å². The number of hydrogen-bond acceptors (Lipinski definition) is 3. The number of halogens is 1. The Morgan fingerprint density at radius 3 is 2.23 bits per heavy atom. The van der Waals surface area contributed by atoms with Crippen LogP contribution < -0.4 is 10.6 Å². The summed E-state index contributed by atoms with van der Waals surface area (Å²) in [5, 5.41) is 6.09. The summed E-state index contributed by atoms with van der Waals surface area (Å²) in [5.41, 5.74) is 1.93. The van der Waals surface area contributed by atoms with E-state index in [0.29, 0.717) is 10.7 Å². The number of hydrogen-bond donors (Lipinski definition) is 2. The molecule has 2 N–H and O–H groups in total. The number of nitrogens with one attached hydrogen (secondary N) is 2. The predicted octanol–water partition coefficient (Wildman–Crippen LogP) is 5.22. The molecule has 0 bridgehead atoms. The van der Waals surface area contributed by atoms with Crippen LogP contribution in [0.15, 0.2) is 83.8 Å². The second-order valence-corrected chi connectivity index (χ2v) is 9.03. The fourth-order valence-corrected chi connectivity index (χ4v) is 4.87. The van der Waals surface area contributed by atoms with Gasteiger partial charge in [0.2, 0.25) is 11.8 Å². The number of anilines is 1. The van der Waals surface area contributed by atoms with Crippen LogP contribution in [0, 0.1) is 0 Å². The third kappa shape index (κ3) is 4.23. The number of fused-ring (bicyclic) bond motifs is 1. The molecule has 4 rings (SSSR count). The lowest BCUT2D eigenvalue weighted by Gasteiger charge is -2.33. The van der Waals surface area contributed by atoms with Crippen molar-refractivity contribution >= 4 is 40.9 Å². The van der Waals surface area contributed by atoms with Crippen LogP contribution >= 0.6 is 23.4 Å². The van der Waals surface area contributed by atoms with E-state index in [0.717, 1.165) is 16.0 Å². The summed E-state index contributed by atoms with van der Waals surface area (Å²) >= 11 is 7.40. The van der Waals surface area contributed by atoms with Crippen molar-refractivity contribution in [1.29, 1.82) is 0 Å². The van der Waals surface area contributed by atoms with E-state index in [1.165, 1.54) is 11.8 Å². The van der Waals surface area contributed by atoms with E-state index < -0.39 is 10.8 Å². The first-order chi connectivity index (χ1) is 14.5. The van der Waals surface area contributed by atoms with E-state index in [-0.39, 0.29) is 18.2 Å². The Kier molecular flexibility index (Phi) is 5.84. The Morgan fingerprint density at radius 1 is 1.03 bits per heavy atom. The molecule has 1 unspecified atom stereocenters. The first-order valence-corrected chi connectivity index (χ1v) is 10.9. The van der Waals surface area contributed by atoms with Crippen LogP contribution in [0.2, 0.25) is 5.02 Å². The summed E-state index contributed by atoms with van der Waals surface area (Å²) in [6, 6.07) is 25.1. The number of benzene rings is 3. The second kappa shape index (κ2) is 8.54. The molecular formula is C24H21ClN2O2S. The molecule has 0 aromatic heterocycles. The summed E-state index contributed by atoms with van der Waals surface area (Å²) in [6.07, 6.45) is 0.0772. The Balaban J connectivity index is 1.55. The molecule has 4 nitrogen and oxygen atoms in total. The van der Waals surface area contributed by atoms with Crippen LogP contribution in [-0.2, 0) is 15.1 Å². The van der Waals surface area contributed by atoms with E-state index in [1.807, 2.05) is 73.7 Å². The fourth-order valence-electron chi connectivity index (χ4n) is 3.61. The summed E-state index contributed by atoms with van der Waals surface area (Å²) in [6.45, 7) is 1.99. The first-order valence-electron chi connectivity index (χ1n) is 9.65. The zero-order chi connectivity index (χ0) is 21.1. The van der Waals surface area contributed by atoms with Gasteiger partial charge in [0.1, 0.15) is 0 Å². The summed E-state index contributed by atoms with van der Waals surface area (Å²) in [4.78, 5) is 26.5. The maximum Gasteiger partial charge on any atom is 0.238 e. The van der Waals surface area contributed by atoms with Gasteiger partial charge in [-0.1, -0.05) is 72.3 Å². The number of thioether (sulfide) groups is 1. The molecule has 0 spiro atoms. The minimum Gasteiger partial charge on any atom is -0.343 e. The normalized spacial score (nSPS) is 15.8. The molecule has 0 saturated heterocycles. The van der Waals surface area contributed by atoms with Gasteiger partial charge in [-0.2, -0.15) is 0 Å². The lowest BCUT2D eigenvalue weighted by molar-refractivity contribution is -0.125. The lowest BCUT2D eigenvalue weighted by Crippen LogP contribution is -2.46. The Morgan fingerprint density at radius 2 is 1.63 bits per heavy atom. The largest absolute Gasteiger partial charge is 0.343 e. The number of rotatable bonds is 5. The van der Waals surface area contributed by atoms with Crippen LogP contribution in [0.3, 0.4) is 0 Å². The fraction of sp³-hybridized carbons (Fsp3) is 0.167. The van der Waals surface area contributed by atoms with Gasteiger partial charge in [0.25, 0.3) is 0 Å². The highest BCUT2D eigenvalue weighted by Gasteiger charge is 2.34. The number of amides is 2. The maximum atomic E-state index is 13.1. The SMILES string of the molecule is CC(NC(=O)CC1Sc2ccc(Cl)cc2NC1=O)(c1ccccc1)c1ccccc1. The van der Waals surface area contributed by atoms with Crippen molar-refractivity contribution in [3.05, 3.63) is 95.0 Å². The highest BCUT2D eigenvalue weighted by Crippen LogP contribution is 2.38. The third-order valence-corrected chi connectivity index (χ3v) is 6.73. The summed E-state index contributed by atoms with van der Waals surface area (Å²) in [7, 11) is 0. The van der Waals surface area contributed by atoms with Crippen molar-refractivity contribution in [2.24, 2.45) is 0 Å². The van der Waals surface area contributed by atoms with Crippen LogP contribution in [0.4, 0.5) is 5.69 Å². The molecule has 6 heteroatoms. The van der Waals surface area contributed by atoms with Crippen LogP contribution in [0.5, 0.6) is 0 Å². The molecule has 1 aliphatic rings. The molecule has 0 radical (unpaired) electrons. The third-order valence-electron chi connectivity index (χ3n) is 5.22. The quantitative estimate of drug-likeness (QED) is 0.576. The summed E-state index contributed by atoms with van der Waals surface area (Å²) in [5.74, 6) is -0.374. The van der Waals surface area contributed by atoms with Gasteiger partial charge >= 0.3 is 0 Å². The molecule has 152 valence electrons. The monoisotopic (exact) mass is 436 g/mol. The molecule has 0 saturated carbocycles. The molecule has 2 amide bonds. The van der Waals surface area contributed by atoms with Gasteiger partial charge < -0.3 is 10.6 Å². The number of carbonyl (C=O) groups is 2. The van der Waals surface area contributed by atoms with Gasteiger partial charge in [-0.05, 0) is 36.2 Å².